The van der Waals surface area contributed by atoms with Crippen molar-refractivity contribution in [3.05, 3.63) is 56.8 Å². The molecule has 1 aromatic heterocycles. The van der Waals surface area contributed by atoms with E-state index in [1.165, 1.54) is 6.07 Å². The second kappa shape index (κ2) is 5.45. The number of fused-ring (bicyclic) bond motifs is 1. The molecule has 0 bridgehead atoms. The Kier molecular flexibility index (Phi) is 3.61. The maximum atomic E-state index is 13.7. The molecule has 0 spiro atoms. The van der Waals surface area contributed by atoms with Crippen molar-refractivity contribution < 1.29 is 13.2 Å². The molecule has 0 saturated heterocycles. The molecule has 1 aliphatic heterocycles. The van der Waals surface area contributed by atoms with Gasteiger partial charge in [-0.15, -0.1) is 0 Å². The molecule has 1 aromatic carbocycles. The van der Waals surface area contributed by atoms with Gasteiger partial charge in [-0.05, 0) is 6.07 Å². The molecule has 3 N–H and O–H groups in total. The number of nitrogens with one attached hydrogen (secondary N) is 1. The van der Waals surface area contributed by atoms with Gasteiger partial charge in [0.25, 0.3) is 5.56 Å². The average Bonchev–Trinajstić information content (AvgIpc) is 2.48. The Hall–Kier alpha value is -2.35. The van der Waals surface area contributed by atoms with Crippen LogP contribution in [0.15, 0.2) is 16.9 Å². The first-order valence-electron chi connectivity index (χ1n) is 6.68. The van der Waals surface area contributed by atoms with Crippen molar-refractivity contribution in [1.29, 1.82) is 0 Å². The molecular formula is C14H13F3N4O. The van der Waals surface area contributed by atoms with Crippen LogP contribution in [0.4, 0.5) is 19.1 Å². The van der Waals surface area contributed by atoms with E-state index >= 15 is 0 Å². The number of aromatic amines is 1. The van der Waals surface area contributed by atoms with Gasteiger partial charge in [0.05, 0.1) is 11.3 Å². The number of aromatic nitrogens is 2. The van der Waals surface area contributed by atoms with Crippen molar-refractivity contribution in [1.82, 2.24) is 14.9 Å². The summed E-state index contributed by atoms with van der Waals surface area (Å²) in [5.41, 5.74) is 6.27. The van der Waals surface area contributed by atoms with Crippen molar-refractivity contribution in [3.8, 4) is 0 Å². The third-order valence-corrected chi connectivity index (χ3v) is 3.68. The average molecular weight is 310 g/mol. The molecule has 2 aromatic rings. The fraction of sp³-hybridized carbons (Fsp3) is 0.286. The van der Waals surface area contributed by atoms with Gasteiger partial charge in [0.2, 0.25) is 5.95 Å². The highest BCUT2D eigenvalue weighted by Gasteiger charge is 2.22. The number of benzene rings is 1. The van der Waals surface area contributed by atoms with Crippen LogP contribution in [0.25, 0.3) is 0 Å². The molecule has 0 fully saturated rings. The largest absolute Gasteiger partial charge is 0.369 e. The normalized spacial score (nSPS) is 14.9. The maximum absolute atomic E-state index is 13.7. The summed E-state index contributed by atoms with van der Waals surface area (Å²) in [5.74, 6) is -3.84. The lowest BCUT2D eigenvalue weighted by molar-refractivity contribution is 0.237. The molecule has 8 heteroatoms. The zero-order valence-electron chi connectivity index (χ0n) is 11.5. The molecule has 116 valence electrons. The highest BCUT2D eigenvalue weighted by molar-refractivity contribution is 5.28. The maximum Gasteiger partial charge on any atom is 0.257 e. The van der Waals surface area contributed by atoms with Gasteiger partial charge >= 0.3 is 0 Å². The lowest BCUT2D eigenvalue weighted by Gasteiger charge is -2.27. The number of H-pyrrole nitrogens is 1. The minimum atomic E-state index is -1.48. The third-order valence-electron chi connectivity index (χ3n) is 3.68. The molecule has 5 nitrogen and oxygen atoms in total. The van der Waals surface area contributed by atoms with Crippen LogP contribution in [-0.4, -0.2) is 21.4 Å². The summed E-state index contributed by atoms with van der Waals surface area (Å²) in [6, 6.07) is 2.09. The minimum absolute atomic E-state index is 0.0437. The predicted octanol–water partition coefficient (Wildman–Crippen LogP) is 1.33. The highest BCUT2D eigenvalue weighted by atomic mass is 19.2. The molecule has 0 unspecified atom stereocenters. The Balaban J connectivity index is 1.84. The summed E-state index contributed by atoms with van der Waals surface area (Å²) in [5, 5.41) is 0. The Morgan fingerprint density at radius 1 is 1.27 bits per heavy atom. The summed E-state index contributed by atoms with van der Waals surface area (Å²) in [6.45, 7) is 0.837. The molecule has 0 amide bonds. The number of rotatable bonds is 2. The molecule has 2 heterocycles. The van der Waals surface area contributed by atoms with E-state index in [0.29, 0.717) is 24.2 Å². The van der Waals surface area contributed by atoms with Crippen LogP contribution in [0.2, 0.25) is 0 Å². The summed E-state index contributed by atoms with van der Waals surface area (Å²) < 4.78 is 39.9. The first-order chi connectivity index (χ1) is 10.5. The second-order valence-electron chi connectivity index (χ2n) is 5.17. The van der Waals surface area contributed by atoms with E-state index in [2.05, 4.69) is 9.97 Å². The number of nitrogen functional groups attached to an aromatic ring is 1. The molecular weight excluding hydrogens is 297 g/mol. The molecule has 0 atom stereocenters. The van der Waals surface area contributed by atoms with E-state index in [4.69, 9.17) is 5.73 Å². The second-order valence-corrected chi connectivity index (χ2v) is 5.17. The van der Waals surface area contributed by atoms with Crippen molar-refractivity contribution in [3.63, 3.8) is 0 Å². The van der Waals surface area contributed by atoms with Gasteiger partial charge in [0.15, 0.2) is 17.5 Å². The molecule has 1 aliphatic rings. The zero-order valence-corrected chi connectivity index (χ0v) is 11.5. The molecule has 3 rings (SSSR count). The fourth-order valence-electron chi connectivity index (χ4n) is 2.56. The quantitative estimate of drug-likeness (QED) is 0.821. The van der Waals surface area contributed by atoms with E-state index in [0.717, 1.165) is 6.07 Å². The van der Waals surface area contributed by atoms with Crippen molar-refractivity contribution in [2.24, 2.45) is 0 Å². The van der Waals surface area contributed by atoms with Gasteiger partial charge in [-0.2, -0.15) is 0 Å². The predicted molar refractivity (Wildman–Crippen MR) is 73.4 cm³/mol. The highest BCUT2D eigenvalue weighted by Crippen LogP contribution is 2.20. The SMILES string of the molecule is Nc1nc2c(c(=O)[nH]1)CN(Cc1ccc(F)c(F)c1F)CC2. The summed E-state index contributed by atoms with van der Waals surface area (Å²) >= 11 is 0. The summed E-state index contributed by atoms with van der Waals surface area (Å²) in [4.78, 5) is 20.1. The number of halogens is 3. The Morgan fingerprint density at radius 3 is 2.82 bits per heavy atom. The van der Waals surface area contributed by atoms with Crippen molar-refractivity contribution in [2.45, 2.75) is 19.5 Å². The summed E-state index contributed by atoms with van der Waals surface area (Å²) in [7, 11) is 0. The zero-order chi connectivity index (χ0) is 15.9. The van der Waals surface area contributed by atoms with Crippen LogP contribution in [0.5, 0.6) is 0 Å². The third kappa shape index (κ3) is 2.57. The van der Waals surface area contributed by atoms with E-state index in [9.17, 15) is 18.0 Å². The lowest BCUT2D eigenvalue weighted by atomic mass is 10.1. The molecule has 0 radical (unpaired) electrons. The number of hydrogen-bond donors (Lipinski definition) is 2. The monoisotopic (exact) mass is 310 g/mol. The van der Waals surface area contributed by atoms with Crippen LogP contribution in [0.3, 0.4) is 0 Å². The Morgan fingerprint density at radius 2 is 2.05 bits per heavy atom. The fourth-order valence-corrected chi connectivity index (χ4v) is 2.56. The number of nitrogens with zero attached hydrogens (tertiary/aromatic N) is 2. The van der Waals surface area contributed by atoms with E-state index in [-0.39, 0.29) is 30.2 Å². The van der Waals surface area contributed by atoms with Gasteiger partial charge in [0, 0.05) is 31.6 Å². The van der Waals surface area contributed by atoms with Gasteiger partial charge in [-0.3, -0.25) is 14.7 Å². The number of hydrogen-bond acceptors (Lipinski definition) is 4. The molecule has 22 heavy (non-hydrogen) atoms. The molecule has 0 aliphatic carbocycles. The molecule has 0 saturated carbocycles. The van der Waals surface area contributed by atoms with Gasteiger partial charge in [-0.1, -0.05) is 6.07 Å². The summed E-state index contributed by atoms with van der Waals surface area (Å²) in [6.07, 6.45) is 0.481. The topological polar surface area (TPSA) is 75.0 Å². The van der Waals surface area contributed by atoms with Crippen LogP contribution >= 0.6 is 0 Å². The van der Waals surface area contributed by atoms with Gasteiger partial charge in [0.1, 0.15) is 0 Å². The van der Waals surface area contributed by atoms with E-state index < -0.39 is 17.5 Å². The lowest BCUT2D eigenvalue weighted by Crippen LogP contribution is -2.35. The van der Waals surface area contributed by atoms with Crippen LogP contribution in [0, 0.1) is 17.5 Å². The first kappa shape index (κ1) is 14.6. The van der Waals surface area contributed by atoms with Crippen molar-refractivity contribution >= 4 is 5.95 Å². The van der Waals surface area contributed by atoms with E-state index in [1.807, 2.05) is 0 Å². The van der Waals surface area contributed by atoms with E-state index in [1.54, 1.807) is 4.90 Å². The van der Waals surface area contributed by atoms with Crippen LogP contribution < -0.4 is 11.3 Å². The smallest absolute Gasteiger partial charge is 0.257 e. The first-order valence-corrected chi connectivity index (χ1v) is 6.68. The van der Waals surface area contributed by atoms with Gasteiger partial charge in [-0.25, -0.2) is 18.2 Å². The number of nitrogens with two attached hydrogens (primary N) is 1. The van der Waals surface area contributed by atoms with Crippen LogP contribution in [-0.2, 0) is 19.5 Å². The Bertz CT molecular complexity index is 790. The standard InChI is InChI=1S/C14H13F3N4O/c15-9-2-1-7(11(16)12(9)17)5-21-4-3-10-8(6-21)13(22)20-14(18)19-10/h1-2H,3-6H2,(H3,18,19,20,22). The van der Waals surface area contributed by atoms with Crippen LogP contribution in [0.1, 0.15) is 16.8 Å². The Labute approximate surface area is 123 Å². The minimum Gasteiger partial charge on any atom is -0.369 e. The number of anilines is 1. The van der Waals surface area contributed by atoms with Crippen molar-refractivity contribution in [2.75, 3.05) is 12.3 Å². The van der Waals surface area contributed by atoms with Gasteiger partial charge < -0.3 is 5.73 Å².